The van der Waals surface area contributed by atoms with Gasteiger partial charge in [-0.25, -0.2) is 0 Å². The first-order valence-corrected chi connectivity index (χ1v) is 7.24. The molecule has 2 unspecified atom stereocenters. The van der Waals surface area contributed by atoms with Crippen LogP contribution in [0, 0.1) is 12.8 Å². The maximum atomic E-state index is 12.3. The molecule has 1 heterocycles. The number of halogens is 2. The Kier molecular flexibility index (Phi) is 6.80. The minimum atomic E-state index is -0.0771. The van der Waals surface area contributed by atoms with Gasteiger partial charge in [0.1, 0.15) is 0 Å². The van der Waals surface area contributed by atoms with Gasteiger partial charge in [0.2, 0.25) is 0 Å². The number of hydrogen-bond donors (Lipinski definition) is 2. The Labute approximate surface area is 131 Å². The summed E-state index contributed by atoms with van der Waals surface area (Å²) in [5.74, 6) is 0.424. The second kappa shape index (κ2) is 7.87. The Balaban J connectivity index is 0.00000200. The summed E-state index contributed by atoms with van der Waals surface area (Å²) in [6.07, 6.45) is 2.34. The van der Waals surface area contributed by atoms with Crippen LogP contribution in [0.5, 0.6) is 0 Å². The van der Waals surface area contributed by atoms with E-state index in [-0.39, 0.29) is 24.4 Å². The SMILES string of the molecule is Cc1cccc(C(=O)NC(C)C2CCCNC2)c1Cl.Cl. The number of hydrogen-bond acceptors (Lipinski definition) is 2. The molecule has 1 aliphatic rings. The van der Waals surface area contributed by atoms with Crippen molar-refractivity contribution in [2.75, 3.05) is 13.1 Å². The third-order valence-electron chi connectivity index (χ3n) is 3.84. The Morgan fingerprint density at radius 2 is 2.25 bits per heavy atom. The first kappa shape index (κ1) is 17.3. The fraction of sp³-hybridized carbons (Fsp3) is 0.533. The van der Waals surface area contributed by atoms with Crippen molar-refractivity contribution in [3.63, 3.8) is 0 Å². The van der Waals surface area contributed by atoms with Gasteiger partial charge in [0.05, 0.1) is 10.6 Å². The highest BCUT2D eigenvalue weighted by atomic mass is 35.5. The highest BCUT2D eigenvalue weighted by molar-refractivity contribution is 6.34. The molecule has 3 nitrogen and oxygen atoms in total. The molecule has 0 aromatic heterocycles. The standard InChI is InChI=1S/C15H21ClN2O.ClH/c1-10-5-3-7-13(14(10)16)15(19)18-11(2)12-6-4-8-17-9-12;/h3,5,7,11-12,17H,4,6,8-9H2,1-2H3,(H,18,19);1H. The average molecular weight is 317 g/mol. The van der Waals surface area contributed by atoms with Gasteiger partial charge in [-0.15, -0.1) is 12.4 Å². The van der Waals surface area contributed by atoms with Crippen molar-refractivity contribution >= 4 is 29.9 Å². The van der Waals surface area contributed by atoms with Gasteiger partial charge in [-0.3, -0.25) is 4.79 Å². The van der Waals surface area contributed by atoms with Crippen LogP contribution in [0.25, 0.3) is 0 Å². The molecule has 1 saturated heterocycles. The predicted octanol–water partition coefficient (Wildman–Crippen LogP) is 3.19. The molecule has 0 spiro atoms. The molecule has 1 aromatic carbocycles. The van der Waals surface area contributed by atoms with Crippen LogP contribution in [-0.2, 0) is 0 Å². The molecule has 1 aliphatic heterocycles. The molecule has 0 radical (unpaired) electrons. The Morgan fingerprint density at radius 3 is 2.90 bits per heavy atom. The number of piperidine rings is 1. The van der Waals surface area contributed by atoms with Crippen molar-refractivity contribution in [1.82, 2.24) is 10.6 Å². The largest absolute Gasteiger partial charge is 0.349 e. The van der Waals surface area contributed by atoms with Gasteiger partial charge in [-0.2, -0.15) is 0 Å². The Morgan fingerprint density at radius 1 is 1.50 bits per heavy atom. The smallest absolute Gasteiger partial charge is 0.253 e. The molecule has 2 N–H and O–H groups in total. The van der Waals surface area contributed by atoms with Crippen LogP contribution in [0.15, 0.2) is 18.2 Å². The fourth-order valence-corrected chi connectivity index (χ4v) is 2.74. The summed E-state index contributed by atoms with van der Waals surface area (Å²) in [6, 6.07) is 5.71. The summed E-state index contributed by atoms with van der Waals surface area (Å²) < 4.78 is 0. The zero-order valence-electron chi connectivity index (χ0n) is 11.9. The molecule has 5 heteroatoms. The Bertz CT molecular complexity index is 459. The van der Waals surface area contributed by atoms with Crippen molar-refractivity contribution in [2.45, 2.75) is 32.7 Å². The van der Waals surface area contributed by atoms with Crippen molar-refractivity contribution in [3.05, 3.63) is 34.3 Å². The molecule has 1 fully saturated rings. The van der Waals surface area contributed by atoms with E-state index in [1.54, 1.807) is 6.07 Å². The highest BCUT2D eigenvalue weighted by Crippen LogP contribution is 2.21. The molecular formula is C15H22Cl2N2O. The maximum Gasteiger partial charge on any atom is 0.253 e. The van der Waals surface area contributed by atoms with Crippen LogP contribution in [0.3, 0.4) is 0 Å². The van der Waals surface area contributed by atoms with E-state index in [9.17, 15) is 4.79 Å². The van der Waals surface area contributed by atoms with E-state index >= 15 is 0 Å². The molecule has 112 valence electrons. The van der Waals surface area contributed by atoms with Crippen LogP contribution in [0.2, 0.25) is 5.02 Å². The molecular weight excluding hydrogens is 295 g/mol. The Hall–Kier alpha value is -0.770. The van der Waals surface area contributed by atoms with Crippen LogP contribution >= 0.6 is 24.0 Å². The van der Waals surface area contributed by atoms with E-state index in [1.807, 2.05) is 19.1 Å². The second-order valence-electron chi connectivity index (χ2n) is 5.31. The zero-order chi connectivity index (χ0) is 13.8. The molecule has 0 aliphatic carbocycles. The predicted molar refractivity (Wildman–Crippen MR) is 86.0 cm³/mol. The van der Waals surface area contributed by atoms with Crippen molar-refractivity contribution in [2.24, 2.45) is 5.92 Å². The normalized spacial score (nSPS) is 19.9. The van der Waals surface area contributed by atoms with Crippen molar-refractivity contribution in [1.29, 1.82) is 0 Å². The second-order valence-corrected chi connectivity index (χ2v) is 5.68. The lowest BCUT2D eigenvalue weighted by atomic mass is 9.92. The van der Waals surface area contributed by atoms with E-state index in [0.717, 1.165) is 25.1 Å². The molecule has 2 atom stereocenters. The number of carbonyl (C=O) groups is 1. The third kappa shape index (κ3) is 4.11. The molecule has 0 saturated carbocycles. The lowest BCUT2D eigenvalue weighted by molar-refractivity contribution is 0.0922. The number of amides is 1. The molecule has 1 aromatic rings. The van der Waals surface area contributed by atoms with E-state index < -0.39 is 0 Å². The van der Waals surface area contributed by atoms with Crippen LogP contribution in [0.4, 0.5) is 0 Å². The monoisotopic (exact) mass is 316 g/mol. The van der Waals surface area contributed by atoms with E-state index in [1.165, 1.54) is 6.42 Å². The zero-order valence-corrected chi connectivity index (χ0v) is 13.5. The number of carbonyl (C=O) groups excluding carboxylic acids is 1. The number of benzene rings is 1. The first-order valence-electron chi connectivity index (χ1n) is 6.86. The summed E-state index contributed by atoms with van der Waals surface area (Å²) in [4.78, 5) is 12.3. The van der Waals surface area contributed by atoms with Crippen molar-refractivity contribution < 1.29 is 4.79 Å². The van der Waals surface area contributed by atoms with Gasteiger partial charge in [0.15, 0.2) is 0 Å². The van der Waals surface area contributed by atoms with Gasteiger partial charge < -0.3 is 10.6 Å². The van der Waals surface area contributed by atoms with E-state index in [2.05, 4.69) is 17.6 Å². The minimum Gasteiger partial charge on any atom is -0.349 e. The van der Waals surface area contributed by atoms with E-state index in [0.29, 0.717) is 16.5 Å². The minimum absolute atomic E-state index is 0. The van der Waals surface area contributed by atoms with Gasteiger partial charge in [-0.05, 0) is 57.3 Å². The highest BCUT2D eigenvalue weighted by Gasteiger charge is 2.22. The van der Waals surface area contributed by atoms with Gasteiger partial charge in [0.25, 0.3) is 5.91 Å². The van der Waals surface area contributed by atoms with Crippen LogP contribution in [0.1, 0.15) is 35.7 Å². The summed E-state index contributed by atoms with van der Waals surface area (Å²) in [5.41, 5.74) is 1.50. The lowest BCUT2D eigenvalue weighted by Crippen LogP contribution is -2.44. The molecule has 1 amide bonds. The van der Waals surface area contributed by atoms with Crippen LogP contribution < -0.4 is 10.6 Å². The lowest BCUT2D eigenvalue weighted by Gasteiger charge is -2.29. The molecule has 2 rings (SSSR count). The number of rotatable bonds is 3. The average Bonchev–Trinajstić information content (AvgIpc) is 2.42. The quantitative estimate of drug-likeness (QED) is 0.899. The van der Waals surface area contributed by atoms with Crippen molar-refractivity contribution in [3.8, 4) is 0 Å². The van der Waals surface area contributed by atoms with Crippen LogP contribution in [-0.4, -0.2) is 25.0 Å². The third-order valence-corrected chi connectivity index (χ3v) is 4.34. The summed E-state index contributed by atoms with van der Waals surface area (Å²) in [6.45, 7) is 6.04. The van der Waals surface area contributed by atoms with E-state index in [4.69, 9.17) is 11.6 Å². The van der Waals surface area contributed by atoms with Gasteiger partial charge in [0, 0.05) is 6.04 Å². The van der Waals surface area contributed by atoms with Gasteiger partial charge >= 0.3 is 0 Å². The first-order chi connectivity index (χ1) is 9.09. The fourth-order valence-electron chi connectivity index (χ4n) is 2.53. The van der Waals surface area contributed by atoms with Gasteiger partial charge in [-0.1, -0.05) is 23.7 Å². The summed E-state index contributed by atoms with van der Waals surface area (Å²) in [7, 11) is 0. The molecule has 20 heavy (non-hydrogen) atoms. The topological polar surface area (TPSA) is 41.1 Å². The molecule has 0 bridgehead atoms. The summed E-state index contributed by atoms with van der Waals surface area (Å²) in [5, 5.41) is 6.99. The number of aryl methyl sites for hydroxylation is 1. The summed E-state index contributed by atoms with van der Waals surface area (Å²) >= 11 is 6.18. The maximum absolute atomic E-state index is 12.3. The number of nitrogens with one attached hydrogen (secondary N) is 2.